The summed E-state index contributed by atoms with van der Waals surface area (Å²) in [5.74, 6) is 0. The number of likely N-dealkylation sites (N-methyl/N-ethyl adjacent to an activating group) is 1. The molecule has 1 aliphatic carbocycles. The number of fused-ring (bicyclic) bond motifs is 1. The third-order valence-electron chi connectivity index (χ3n) is 5.46. The van der Waals surface area contributed by atoms with E-state index in [1.807, 2.05) is 0 Å². The van der Waals surface area contributed by atoms with E-state index in [1.54, 1.807) is 0 Å². The fourth-order valence-corrected chi connectivity index (χ4v) is 3.40. The number of rotatable bonds is 3. The molecule has 1 aromatic carbocycles. The van der Waals surface area contributed by atoms with Crippen LogP contribution in [-0.2, 0) is 12.8 Å². The van der Waals surface area contributed by atoms with Crippen LogP contribution >= 0.6 is 0 Å². The summed E-state index contributed by atoms with van der Waals surface area (Å²) < 4.78 is 0. The smallest absolute Gasteiger partial charge is 0.0375 e. The van der Waals surface area contributed by atoms with Gasteiger partial charge in [0.1, 0.15) is 0 Å². The summed E-state index contributed by atoms with van der Waals surface area (Å²) in [6.45, 7) is 10.0. The second-order valence-electron chi connectivity index (χ2n) is 7.53. The van der Waals surface area contributed by atoms with Crippen LogP contribution in [0.3, 0.4) is 0 Å². The molecule has 0 heterocycles. The van der Waals surface area contributed by atoms with Crippen molar-refractivity contribution >= 4 is 0 Å². The Morgan fingerprint density at radius 2 is 1.85 bits per heavy atom. The highest BCUT2D eigenvalue weighted by Gasteiger charge is 2.41. The monoisotopic (exact) mass is 274 g/mol. The Morgan fingerprint density at radius 3 is 2.40 bits per heavy atom. The third-order valence-corrected chi connectivity index (χ3v) is 5.46. The van der Waals surface area contributed by atoms with Crippen LogP contribution in [0.4, 0.5) is 0 Å². The van der Waals surface area contributed by atoms with Crippen LogP contribution < -0.4 is 5.73 Å². The van der Waals surface area contributed by atoms with E-state index in [0.29, 0.717) is 6.04 Å². The first-order chi connectivity index (χ1) is 9.30. The molecule has 0 saturated carbocycles. The quantitative estimate of drug-likeness (QED) is 0.917. The predicted molar refractivity (Wildman–Crippen MR) is 86.9 cm³/mol. The molecule has 20 heavy (non-hydrogen) atoms. The van der Waals surface area contributed by atoms with Crippen LogP contribution in [-0.4, -0.2) is 30.1 Å². The molecule has 1 aliphatic rings. The summed E-state index contributed by atoms with van der Waals surface area (Å²) in [5, 5.41) is 0. The SMILES string of the molecule is CC(N(C)C1(CN)CCc2ccccc2C1)C(C)(C)C. The molecule has 0 radical (unpaired) electrons. The summed E-state index contributed by atoms with van der Waals surface area (Å²) in [6.07, 6.45) is 3.39. The van der Waals surface area contributed by atoms with Crippen LogP contribution in [0.25, 0.3) is 0 Å². The van der Waals surface area contributed by atoms with E-state index in [9.17, 15) is 0 Å². The van der Waals surface area contributed by atoms with Gasteiger partial charge in [-0.05, 0) is 49.8 Å². The minimum atomic E-state index is 0.112. The average Bonchev–Trinajstić information content (AvgIpc) is 2.44. The van der Waals surface area contributed by atoms with E-state index in [-0.39, 0.29) is 11.0 Å². The fourth-order valence-electron chi connectivity index (χ4n) is 3.40. The highest BCUT2D eigenvalue weighted by Crippen LogP contribution is 2.36. The molecule has 0 fully saturated rings. The van der Waals surface area contributed by atoms with Gasteiger partial charge in [-0.25, -0.2) is 0 Å². The molecule has 0 bridgehead atoms. The van der Waals surface area contributed by atoms with Crippen LogP contribution in [0.1, 0.15) is 45.2 Å². The second kappa shape index (κ2) is 5.50. The Bertz CT molecular complexity index is 461. The molecular weight excluding hydrogens is 244 g/mol. The lowest BCUT2D eigenvalue weighted by Crippen LogP contribution is -2.60. The zero-order valence-corrected chi connectivity index (χ0v) is 13.7. The molecule has 0 saturated heterocycles. The molecule has 1 aromatic rings. The zero-order valence-electron chi connectivity index (χ0n) is 13.7. The van der Waals surface area contributed by atoms with Gasteiger partial charge in [-0.1, -0.05) is 45.0 Å². The molecule has 0 amide bonds. The lowest BCUT2D eigenvalue weighted by atomic mass is 9.74. The maximum absolute atomic E-state index is 6.24. The maximum Gasteiger partial charge on any atom is 0.0375 e. The van der Waals surface area contributed by atoms with E-state index < -0.39 is 0 Å². The topological polar surface area (TPSA) is 29.3 Å². The van der Waals surface area contributed by atoms with Crippen molar-refractivity contribution in [2.24, 2.45) is 11.1 Å². The maximum atomic E-state index is 6.24. The van der Waals surface area contributed by atoms with Crippen molar-refractivity contribution in [3.63, 3.8) is 0 Å². The first kappa shape index (κ1) is 15.5. The van der Waals surface area contributed by atoms with Crippen LogP contribution in [0.15, 0.2) is 24.3 Å². The zero-order chi connectivity index (χ0) is 15.0. The number of hydrogen-bond acceptors (Lipinski definition) is 2. The van der Waals surface area contributed by atoms with Gasteiger partial charge in [0.15, 0.2) is 0 Å². The van der Waals surface area contributed by atoms with E-state index in [4.69, 9.17) is 5.73 Å². The summed E-state index contributed by atoms with van der Waals surface area (Å²) in [7, 11) is 2.26. The van der Waals surface area contributed by atoms with Gasteiger partial charge in [-0.2, -0.15) is 0 Å². The first-order valence-electron chi connectivity index (χ1n) is 7.80. The Balaban J connectivity index is 2.28. The van der Waals surface area contributed by atoms with E-state index >= 15 is 0 Å². The molecular formula is C18H30N2. The van der Waals surface area contributed by atoms with Crippen LogP contribution in [0, 0.1) is 5.41 Å². The second-order valence-corrected chi connectivity index (χ2v) is 7.53. The summed E-state index contributed by atoms with van der Waals surface area (Å²) in [5.41, 5.74) is 9.61. The molecule has 0 aliphatic heterocycles. The van der Waals surface area contributed by atoms with Crippen molar-refractivity contribution in [3.05, 3.63) is 35.4 Å². The van der Waals surface area contributed by atoms with Gasteiger partial charge >= 0.3 is 0 Å². The molecule has 2 N–H and O–H groups in total. The largest absolute Gasteiger partial charge is 0.329 e. The van der Waals surface area contributed by atoms with Crippen molar-refractivity contribution in [1.29, 1.82) is 0 Å². The van der Waals surface area contributed by atoms with Crippen LogP contribution in [0.2, 0.25) is 0 Å². The van der Waals surface area contributed by atoms with Crippen molar-refractivity contribution < 1.29 is 0 Å². The lowest BCUT2D eigenvalue weighted by Gasteiger charge is -2.50. The molecule has 112 valence electrons. The van der Waals surface area contributed by atoms with E-state index in [0.717, 1.165) is 25.8 Å². The van der Waals surface area contributed by atoms with Gasteiger partial charge in [-0.15, -0.1) is 0 Å². The average molecular weight is 274 g/mol. The predicted octanol–water partition coefficient (Wildman–Crippen LogP) is 3.24. The van der Waals surface area contributed by atoms with Gasteiger partial charge in [0.05, 0.1) is 0 Å². The van der Waals surface area contributed by atoms with E-state index in [2.05, 4.69) is 63.9 Å². The van der Waals surface area contributed by atoms with Gasteiger partial charge in [-0.3, -0.25) is 4.90 Å². The van der Waals surface area contributed by atoms with Crippen molar-refractivity contribution in [2.75, 3.05) is 13.6 Å². The Morgan fingerprint density at radius 1 is 1.25 bits per heavy atom. The lowest BCUT2D eigenvalue weighted by molar-refractivity contribution is 0.0222. The number of benzene rings is 1. The van der Waals surface area contributed by atoms with Gasteiger partial charge < -0.3 is 5.73 Å². The standard InChI is InChI=1S/C18H30N2/c1-14(17(2,3)4)20(5)18(13-19)11-10-15-8-6-7-9-16(15)12-18/h6-9,14H,10-13,19H2,1-5H3. The number of hydrogen-bond donors (Lipinski definition) is 1. The third kappa shape index (κ3) is 2.77. The van der Waals surface area contributed by atoms with Crippen molar-refractivity contribution in [1.82, 2.24) is 4.90 Å². The summed E-state index contributed by atoms with van der Waals surface area (Å²) in [6, 6.07) is 9.35. The molecule has 2 unspecified atom stereocenters. The first-order valence-corrected chi connectivity index (χ1v) is 7.80. The highest BCUT2D eigenvalue weighted by atomic mass is 15.2. The minimum absolute atomic E-state index is 0.112. The molecule has 2 atom stereocenters. The van der Waals surface area contributed by atoms with Crippen molar-refractivity contribution in [3.8, 4) is 0 Å². The van der Waals surface area contributed by atoms with E-state index in [1.165, 1.54) is 11.1 Å². The Labute approximate surface area is 124 Å². The Hall–Kier alpha value is -0.860. The number of nitrogens with two attached hydrogens (primary N) is 1. The molecule has 2 rings (SSSR count). The highest BCUT2D eigenvalue weighted by molar-refractivity contribution is 5.32. The fraction of sp³-hybridized carbons (Fsp3) is 0.667. The van der Waals surface area contributed by atoms with Gasteiger partial charge in [0, 0.05) is 18.1 Å². The van der Waals surface area contributed by atoms with Crippen molar-refractivity contribution in [2.45, 2.75) is 58.5 Å². The summed E-state index contributed by atoms with van der Waals surface area (Å²) >= 11 is 0. The minimum Gasteiger partial charge on any atom is -0.329 e. The van der Waals surface area contributed by atoms with Crippen LogP contribution in [0.5, 0.6) is 0 Å². The summed E-state index contributed by atoms with van der Waals surface area (Å²) in [4.78, 5) is 2.54. The Kier molecular flexibility index (Phi) is 4.27. The van der Waals surface area contributed by atoms with Gasteiger partial charge in [0.25, 0.3) is 0 Å². The number of aryl methyl sites for hydroxylation is 1. The number of nitrogens with zero attached hydrogens (tertiary/aromatic N) is 1. The molecule has 0 aromatic heterocycles. The molecule has 2 heteroatoms. The normalized spacial score (nSPS) is 24.6. The molecule has 0 spiro atoms. The van der Waals surface area contributed by atoms with Gasteiger partial charge in [0.2, 0.25) is 0 Å². The molecule has 2 nitrogen and oxygen atoms in total.